The first-order valence-electron chi connectivity index (χ1n) is 5.89. The molecule has 0 spiro atoms. The molecule has 0 saturated carbocycles. The minimum Gasteiger partial charge on any atom is -0.362 e. The lowest BCUT2D eigenvalue weighted by molar-refractivity contribution is -0.159. The number of amides is 2. The quantitative estimate of drug-likeness (QED) is 0.765. The van der Waals surface area contributed by atoms with Gasteiger partial charge in [-0.3, -0.25) is 14.5 Å². The number of ether oxygens (including phenoxy) is 1. The summed E-state index contributed by atoms with van der Waals surface area (Å²) in [5.41, 5.74) is 7.56. The number of rotatable bonds is 4. The zero-order valence-corrected chi connectivity index (χ0v) is 10.1. The summed E-state index contributed by atoms with van der Waals surface area (Å²) in [5, 5.41) is 0. The number of carbonyl (C=O) groups excluding carboxylic acids is 2. The second-order valence-corrected chi connectivity index (χ2v) is 4.22. The van der Waals surface area contributed by atoms with Crippen LogP contribution in [0.1, 0.15) is 11.1 Å². The minimum absolute atomic E-state index is 0.0169. The minimum atomic E-state index is -0.280. The molecule has 0 unspecified atom stereocenters. The molecular weight excluding hydrogens is 232 g/mol. The summed E-state index contributed by atoms with van der Waals surface area (Å²) in [6, 6.07) is 7.78. The molecule has 0 aliphatic carbocycles. The largest absolute Gasteiger partial charge is 0.362 e. The lowest BCUT2D eigenvalue weighted by Gasteiger charge is -2.24. The molecule has 0 radical (unpaired) electrons. The smallest absolute Gasteiger partial charge is 0.255 e. The third-order valence-electron chi connectivity index (χ3n) is 2.85. The molecular formula is C13H16N2O3. The first-order valence-corrected chi connectivity index (χ1v) is 5.89. The Morgan fingerprint density at radius 3 is 2.17 bits per heavy atom. The van der Waals surface area contributed by atoms with Crippen LogP contribution in [0.2, 0.25) is 0 Å². The van der Waals surface area contributed by atoms with Crippen LogP contribution in [0, 0.1) is 0 Å². The molecule has 2 amide bonds. The second kappa shape index (κ2) is 5.75. The van der Waals surface area contributed by atoms with Gasteiger partial charge in [-0.15, -0.1) is 0 Å². The molecule has 96 valence electrons. The van der Waals surface area contributed by atoms with Gasteiger partial charge in [-0.1, -0.05) is 24.3 Å². The SMILES string of the molecule is NCCc1ccc(CN2C(=O)COCC2=O)cc1. The van der Waals surface area contributed by atoms with E-state index in [1.807, 2.05) is 24.3 Å². The van der Waals surface area contributed by atoms with Gasteiger partial charge < -0.3 is 10.5 Å². The lowest BCUT2D eigenvalue weighted by Crippen LogP contribution is -2.45. The van der Waals surface area contributed by atoms with Crippen LogP contribution in [0.5, 0.6) is 0 Å². The maximum atomic E-state index is 11.5. The van der Waals surface area contributed by atoms with Gasteiger partial charge >= 0.3 is 0 Å². The fourth-order valence-corrected chi connectivity index (χ4v) is 1.86. The van der Waals surface area contributed by atoms with Gasteiger partial charge in [0.15, 0.2) is 0 Å². The topological polar surface area (TPSA) is 72.6 Å². The Bertz CT molecular complexity index is 426. The first kappa shape index (κ1) is 12.7. The van der Waals surface area contributed by atoms with Crippen molar-refractivity contribution in [1.29, 1.82) is 0 Å². The average molecular weight is 248 g/mol. The van der Waals surface area contributed by atoms with Gasteiger partial charge in [-0.25, -0.2) is 0 Å². The van der Waals surface area contributed by atoms with E-state index in [2.05, 4.69) is 0 Å². The van der Waals surface area contributed by atoms with E-state index >= 15 is 0 Å². The number of morpholine rings is 1. The van der Waals surface area contributed by atoms with Crippen molar-refractivity contribution < 1.29 is 14.3 Å². The third kappa shape index (κ3) is 2.94. The van der Waals surface area contributed by atoms with Crippen molar-refractivity contribution in [2.75, 3.05) is 19.8 Å². The van der Waals surface area contributed by atoms with E-state index in [0.29, 0.717) is 13.1 Å². The van der Waals surface area contributed by atoms with Crippen LogP contribution < -0.4 is 5.73 Å². The van der Waals surface area contributed by atoms with Crippen LogP contribution >= 0.6 is 0 Å². The Hall–Kier alpha value is -1.72. The van der Waals surface area contributed by atoms with Crippen LogP contribution in [0.4, 0.5) is 0 Å². The third-order valence-corrected chi connectivity index (χ3v) is 2.85. The predicted octanol–water partition coefficient (Wildman–Crippen LogP) is 0.0732. The van der Waals surface area contributed by atoms with Crippen molar-refractivity contribution in [3.05, 3.63) is 35.4 Å². The molecule has 1 saturated heterocycles. The highest BCUT2D eigenvalue weighted by atomic mass is 16.5. The van der Waals surface area contributed by atoms with Gasteiger partial charge in [0.05, 0.1) is 6.54 Å². The van der Waals surface area contributed by atoms with Crippen molar-refractivity contribution in [2.24, 2.45) is 5.73 Å². The summed E-state index contributed by atoms with van der Waals surface area (Å²) >= 11 is 0. The van der Waals surface area contributed by atoms with Crippen molar-refractivity contribution >= 4 is 11.8 Å². The molecule has 1 heterocycles. The summed E-state index contributed by atoms with van der Waals surface area (Å²) in [4.78, 5) is 24.3. The zero-order chi connectivity index (χ0) is 13.0. The predicted molar refractivity (Wildman–Crippen MR) is 65.6 cm³/mol. The highest BCUT2D eigenvalue weighted by Crippen LogP contribution is 2.10. The molecule has 1 aliphatic rings. The number of hydrogen-bond donors (Lipinski definition) is 1. The molecule has 0 atom stereocenters. The van der Waals surface area contributed by atoms with Crippen molar-refractivity contribution in [1.82, 2.24) is 4.90 Å². The van der Waals surface area contributed by atoms with E-state index in [0.717, 1.165) is 17.5 Å². The van der Waals surface area contributed by atoms with Crippen molar-refractivity contribution in [2.45, 2.75) is 13.0 Å². The molecule has 5 heteroatoms. The van der Waals surface area contributed by atoms with Crippen molar-refractivity contribution in [3.63, 3.8) is 0 Å². The van der Waals surface area contributed by atoms with E-state index < -0.39 is 0 Å². The van der Waals surface area contributed by atoms with Gasteiger partial charge in [0.1, 0.15) is 13.2 Å². The monoisotopic (exact) mass is 248 g/mol. The molecule has 1 aliphatic heterocycles. The summed E-state index contributed by atoms with van der Waals surface area (Å²) in [6.45, 7) is 0.887. The molecule has 18 heavy (non-hydrogen) atoms. The normalized spacial score (nSPS) is 16.2. The summed E-state index contributed by atoms with van der Waals surface area (Å²) in [5.74, 6) is -0.561. The fourth-order valence-electron chi connectivity index (χ4n) is 1.86. The highest BCUT2D eigenvalue weighted by Gasteiger charge is 2.26. The van der Waals surface area contributed by atoms with E-state index in [9.17, 15) is 9.59 Å². The van der Waals surface area contributed by atoms with Gasteiger partial charge in [-0.05, 0) is 24.1 Å². The maximum Gasteiger partial charge on any atom is 0.255 e. The van der Waals surface area contributed by atoms with E-state index in [1.165, 1.54) is 4.90 Å². The van der Waals surface area contributed by atoms with E-state index in [-0.39, 0.29) is 25.0 Å². The fraction of sp³-hybridized carbons (Fsp3) is 0.385. The van der Waals surface area contributed by atoms with Crippen LogP contribution in [0.3, 0.4) is 0 Å². The van der Waals surface area contributed by atoms with Gasteiger partial charge in [-0.2, -0.15) is 0 Å². The molecule has 5 nitrogen and oxygen atoms in total. The van der Waals surface area contributed by atoms with E-state index in [4.69, 9.17) is 10.5 Å². The van der Waals surface area contributed by atoms with Crippen LogP contribution in [-0.2, 0) is 27.3 Å². The number of hydrogen-bond acceptors (Lipinski definition) is 4. The zero-order valence-electron chi connectivity index (χ0n) is 10.1. The molecule has 1 aromatic rings. The standard InChI is InChI=1S/C13H16N2O3/c14-6-5-10-1-3-11(4-2-10)7-15-12(16)8-18-9-13(15)17/h1-4H,5-9,14H2. The Balaban J connectivity index is 2.03. The second-order valence-electron chi connectivity index (χ2n) is 4.22. The molecule has 0 bridgehead atoms. The Morgan fingerprint density at radius 2 is 1.61 bits per heavy atom. The first-order chi connectivity index (χ1) is 8.70. The Morgan fingerprint density at radius 1 is 1.06 bits per heavy atom. The highest BCUT2D eigenvalue weighted by molar-refractivity contribution is 5.98. The molecule has 2 rings (SSSR count). The number of imide groups is 1. The Labute approximate surface area is 106 Å². The maximum absolute atomic E-state index is 11.5. The Kier molecular flexibility index (Phi) is 4.07. The van der Waals surface area contributed by atoms with Gasteiger partial charge in [0.25, 0.3) is 11.8 Å². The number of nitrogens with zero attached hydrogens (tertiary/aromatic N) is 1. The molecule has 1 fully saturated rings. The summed E-state index contributed by atoms with van der Waals surface area (Å²) in [7, 11) is 0. The van der Waals surface area contributed by atoms with Gasteiger partial charge in [0.2, 0.25) is 0 Å². The van der Waals surface area contributed by atoms with E-state index in [1.54, 1.807) is 0 Å². The summed E-state index contributed by atoms with van der Waals surface area (Å²) < 4.78 is 4.86. The van der Waals surface area contributed by atoms with Crippen LogP contribution in [-0.4, -0.2) is 36.5 Å². The van der Waals surface area contributed by atoms with Gasteiger partial charge in [0, 0.05) is 0 Å². The van der Waals surface area contributed by atoms with Crippen molar-refractivity contribution in [3.8, 4) is 0 Å². The number of benzene rings is 1. The number of nitrogens with two attached hydrogens (primary N) is 1. The van der Waals surface area contributed by atoms with Crippen LogP contribution in [0.25, 0.3) is 0 Å². The molecule has 0 aromatic heterocycles. The van der Waals surface area contributed by atoms with Crippen LogP contribution in [0.15, 0.2) is 24.3 Å². The lowest BCUT2D eigenvalue weighted by atomic mass is 10.1. The molecule has 2 N–H and O–H groups in total. The summed E-state index contributed by atoms with van der Waals surface area (Å²) in [6.07, 6.45) is 0.829. The average Bonchev–Trinajstić information content (AvgIpc) is 2.36. The number of carbonyl (C=O) groups is 2. The molecule has 1 aromatic carbocycles.